The largest absolute Gasteiger partial charge is 0.466 e. The number of carbonyl (C=O) groups excluding carboxylic acids is 2. The fraction of sp³-hybridized carbons (Fsp3) is 0.556. The molecular weight excluding hydrogens is 328 g/mol. The molecule has 3 N–H and O–H groups in total. The number of carbonyl (C=O) groups is 2. The van der Waals surface area contributed by atoms with Crippen LogP contribution in [-0.4, -0.2) is 30.6 Å². The molecule has 1 saturated carbocycles. The molecule has 5 nitrogen and oxygen atoms in total. The quantitative estimate of drug-likeness (QED) is 0.767. The van der Waals surface area contributed by atoms with Crippen LogP contribution in [0.1, 0.15) is 38.2 Å². The number of nitrogens with two attached hydrogens (primary N) is 1. The molecule has 1 aromatic carbocycles. The van der Waals surface area contributed by atoms with Crippen molar-refractivity contribution < 1.29 is 14.3 Å². The van der Waals surface area contributed by atoms with E-state index in [2.05, 4.69) is 5.32 Å². The Morgan fingerprint density at radius 2 is 1.83 bits per heavy atom. The summed E-state index contributed by atoms with van der Waals surface area (Å²) in [6.45, 7) is 2.24. The monoisotopic (exact) mass is 354 g/mol. The lowest BCUT2D eigenvalue weighted by Gasteiger charge is -2.28. The Hall–Kier alpha value is -1.59. The van der Waals surface area contributed by atoms with Crippen molar-refractivity contribution in [3.8, 4) is 0 Å². The van der Waals surface area contributed by atoms with Crippen LogP contribution in [0.2, 0.25) is 0 Å². The van der Waals surface area contributed by atoms with Gasteiger partial charge in [0.05, 0.1) is 18.6 Å². The maximum Gasteiger partial charge on any atom is 0.308 e. The smallest absolute Gasteiger partial charge is 0.308 e. The second-order valence-corrected chi connectivity index (χ2v) is 6.11. The van der Waals surface area contributed by atoms with Crippen LogP contribution in [0.15, 0.2) is 30.3 Å². The second kappa shape index (κ2) is 10.3. The molecule has 1 aliphatic rings. The third kappa shape index (κ3) is 6.13. The van der Waals surface area contributed by atoms with Gasteiger partial charge < -0.3 is 15.8 Å². The standard InChI is InChI=1S/C18H26N2O3.ClH/c1-2-23-18(22)14-8-10-15(11-9-14)20-17(21)16(19)12-13-6-4-3-5-7-13;/h3-7,14-16H,2,8-12,19H2,1H3,(H,20,21);1H/t14?,15?,16-;/m0./s1. The predicted octanol–water partition coefficient (Wildman–Crippen LogP) is 2.22. The van der Waals surface area contributed by atoms with E-state index in [1.165, 1.54) is 0 Å². The highest BCUT2D eigenvalue weighted by molar-refractivity contribution is 5.85. The van der Waals surface area contributed by atoms with Gasteiger partial charge in [-0.05, 0) is 44.6 Å². The van der Waals surface area contributed by atoms with E-state index < -0.39 is 6.04 Å². The van der Waals surface area contributed by atoms with Crippen LogP contribution in [-0.2, 0) is 20.7 Å². The molecule has 0 spiro atoms. The molecule has 1 atom stereocenters. The molecular formula is C18H27ClN2O3. The van der Waals surface area contributed by atoms with Crippen LogP contribution in [0, 0.1) is 5.92 Å². The predicted molar refractivity (Wildman–Crippen MR) is 95.9 cm³/mol. The lowest BCUT2D eigenvalue weighted by molar-refractivity contribution is -0.149. The highest BCUT2D eigenvalue weighted by Gasteiger charge is 2.28. The van der Waals surface area contributed by atoms with Gasteiger partial charge in [0.15, 0.2) is 0 Å². The van der Waals surface area contributed by atoms with Gasteiger partial charge in [-0.1, -0.05) is 30.3 Å². The number of amides is 1. The Morgan fingerprint density at radius 3 is 2.42 bits per heavy atom. The number of benzene rings is 1. The van der Waals surface area contributed by atoms with Crippen molar-refractivity contribution in [2.75, 3.05) is 6.61 Å². The molecule has 134 valence electrons. The summed E-state index contributed by atoms with van der Waals surface area (Å²) in [5.74, 6) is -0.257. The fourth-order valence-corrected chi connectivity index (χ4v) is 3.00. The average Bonchev–Trinajstić information content (AvgIpc) is 2.56. The minimum atomic E-state index is -0.541. The van der Waals surface area contributed by atoms with Crippen molar-refractivity contribution in [3.63, 3.8) is 0 Å². The van der Waals surface area contributed by atoms with E-state index in [1.807, 2.05) is 37.3 Å². The van der Waals surface area contributed by atoms with Gasteiger partial charge in [0, 0.05) is 6.04 Å². The average molecular weight is 355 g/mol. The number of ether oxygens (including phenoxy) is 1. The van der Waals surface area contributed by atoms with Gasteiger partial charge in [0.25, 0.3) is 0 Å². The lowest BCUT2D eigenvalue weighted by atomic mass is 9.86. The molecule has 1 aliphatic carbocycles. The molecule has 1 fully saturated rings. The first-order valence-electron chi connectivity index (χ1n) is 8.36. The third-order valence-electron chi connectivity index (χ3n) is 4.33. The maximum atomic E-state index is 12.2. The summed E-state index contributed by atoms with van der Waals surface area (Å²) in [4.78, 5) is 23.9. The van der Waals surface area contributed by atoms with E-state index in [1.54, 1.807) is 0 Å². The number of hydrogen-bond acceptors (Lipinski definition) is 4. The first-order chi connectivity index (χ1) is 11.1. The fourth-order valence-electron chi connectivity index (χ4n) is 3.00. The molecule has 0 saturated heterocycles. The van der Waals surface area contributed by atoms with E-state index in [0.717, 1.165) is 31.2 Å². The third-order valence-corrected chi connectivity index (χ3v) is 4.33. The van der Waals surface area contributed by atoms with E-state index in [4.69, 9.17) is 10.5 Å². The first-order valence-corrected chi connectivity index (χ1v) is 8.36. The summed E-state index contributed by atoms with van der Waals surface area (Å²) in [5.41, 5.74) is 7.05. The highest BCUT2D eigenvalue weighted by atomic mass is 35.5. The molecule has 0 heterocycles. The number of nitrogens with one attached hydrogen (secondary N) is 1. The summed E-state index contributed by atoms with van der Waals surface area (Å²) in [7, 11) is 0. The van der Waals surface area contributed by atoms with Gasteiger partial charge in [-0.2, -0.15) is 0 Å². The Bertz CT molecular complexity index is 516. The minimum absolute atomic E-state index is 0. The summed E-state index contributed by atoms with van der Waals surface area (Å²) < 4.78 is 5.06. The van der Waals surface area contributed by atoms with Gasteiger partial charge in [-0.15, -0.1) is 12.4 Å². The van der Waals surface area contributed by atoms with Gasteiger partial charge >= 0.3 is 5.97 Å². The van der Waals surface area contributed by atoms with Crippen LogP contribution in [0.4, 0.5) is 0 Å². The zero-order valence-electron chi connectivity index (χ0n) is 14.1. The Morgan fingerprint density at radius 1 is 1.21 bits per heavy atom. The first kappa shape index (κ1) is 20.5. The van der Waals surface area contributed by atoms with Crippen LogP contribution >= 0.6 is 12.4 Å². The van der Waals surface area contributed by atoms with Crippen molar-refractivity contribution in [2.45, 2.75) is 51.1 Å². The minimum Gasteiger partial charge on any atom is -0.466 e. The molecule has 0 bridgehead atoms. The second-order valence-electron chi connectivity index (χ2n) is 6.11. The zero-order chi connectivity index (χ0) is 16.7. The zero-order valence-corrected chi connectivity index (χ0v) is 14.9. The van der Waals surface area contributed by atoms with Crippen molar-refractivity contribution in [3.05, 3.63) is 35.9 Å². The molecule has 1 amide bonds. The van der Waals surface area contributed by atoms with Gasteiger partial charge in [0.1, 0.15) is 0 Å². The lowest BCUT2D eigenvalue weighted by Crippen LogP contribution is -2.47. The topological polar surface area (TPSA) is 81.4 Å². The van der Waals surface area contributed by atoms with Crippen LogP contribution in [0.3, 0.4) is 0 Å². The highest BCUT2D eigenvalue weighted by Crippen LogP contribution is 2.25. The van der Waals surface area contributed by atoms with Gasteiger partial charge in [0.2, 0.25) is 5.91 Å². The maximum absolute atomic E-state index is 12.2. The normalized spacial score (nSPS) is 21.2. The van der Waals surface area contributed by atoms with E-state index in [-0.39, 0.29) is 36.2 Å². The van der Waals surface area contributed by atoms with E-state index >= 15 is 0 Å². The van der Waals surface area contributed by atoms with E-state index in [9.17, 15) is 9.59 Å². The molecule has 24 heavy (non-hydrogen) atoms. The number of esters is 1. The molecule has 0 unspecified atom stereocenters. The van der Waals surface area contributed by atoms with Crippen LogP contribution in [0.5, 0.6) is 0 Å². The van der Waals surface area contributed by atoms with Crippen molar-refractivity contribution >= 4 is 24.3 Å². The summed E-state index contributed by atoms with van der Waals surface area (Å²) >= 11 is 0. The summed E-state index contributed by atoms with van der Waals surface area (Å²) in [6, 6.07) is 9.33. The number of halogens is 1. The Balaban J connectivity index is 0.00000288. The number of hydrogen-bond donors (Lipinski definition) is 2. The summed E-state index contributed by atoms with van der Waals surface area (Å²) in [5, 5.41) is 3.01. The van der Waals surface area contributed by atoms with E-state index in [0.29, 0.717) is 13.0 Å². The van der Waals surface area contributed by atoms with Crippen LogP contribution in [0.25, 0.3) is 0 Å². The molecule has 6 heteroatoms. The SMILES string of the molecule is CCOC(=O)C1CCC(NC(=O)[C@@H](N)Cc2ccccc2)CC1.Cl. The van der Waals surface area contributed by atoms with Crippen molar-refractivity contribution in [1.29, 1.82) is 0 Å². The Kier molecular flexibility index (Phi) is 8.79. The Labute approximate surface area is 149 Å². The molecule has 0 radical (unpaired) electrons. The van der Waals surface area contributed by atoms with Gasteiger partial charge in [-0.25, -0.2) is 0 Å². The van der Waals surface area contributed by atoms with Crippen LogP contribution < -0.4 is 11.1 Å². The number of rotatable bonds is 6. The van der Waals surface area contributed by atoms with Crippen molar-refractivity contribution in [1.82, 2.24) is 5.32 Å². The van der Waals surface area contributed by atoms with Gasteiger partial charge in [-0.3, -0.25) is 9.59 Å². The molecule has 2 rings (SSSR count). The molecule has 1 aromatic rings. The van der Waals surface area contributed by atoms with Crippen molar-refractivity contribution in [2.24, 2.45) is 11.7 Å². The summed E-state index contributed by atoms with van der Waals surface area (Å²) in [6.07, 6.45) is 3.65. The molecule has 0 aromatic heterocycles. The molecule has 0 aliphatic heterocycles.